The summed E-state index contributed by atoms with van der Waals surface area (Å²) in [6, 6.07) is 16.0. The monoisotopic (exact) mass is 308 g/mol. The van der Waals surface area contributed by atoms with E-state index in [9.17, 15) is 4.79 Å². The molecule has 2 aromatic rings. The molecule has 1 unspecified atom stereocenters. The van der Waals surface area contributed by atoms with Crippen LogP contribution in [0.2, 0.25) is 0 Å². The highest BCUT2D eigenvalue weighted by Gasteiger charge is 2.34. The Morgan fingerprint density at radius 2 is 1.61 bits per heavy atom. The van der Waals surface area contributed by atoms with E-state index in [2.05, 4.69) is 18.0 Å². The third-order valence-electron chi connectivity index (χ3n) is 4.70. The second kappa shape index (κ2) is 5.70. The lowest BCUT2D eigenvalue weighted by atomic mass is 9.92. The van der Waals surface area contributed by atoms with E-state index >= 15 is 0 Å². The van der Waals surface area contributed by atoms with Crippen LogP contribution in [0.25, 0.3) is 11.1 Å². The first-order valence-electron chi connectivity index (χ1n) is 8.06. The Morgan fingerprint density at radius 3 is 2.39 bits per heavy atom. The molecule has 0 aromatic heterocycles. The molecule has 118 valence electrons. The quantitative estimate of drug-likeness (QED) is 0.812. The molecular weight excluding hydrogens is 288 g/mol. The van der Waals surface area contributed by atoms with Crippen molar-refractivity contribution in [2.45, 2.75) is 6.10 Å². The van der Waals surface area contributed by atoms with Crippen molar-refractivity contribution in [3.05, 3.63) is 54.1 Å². The largest absolute Gasteiger partial charge is 0.475 e. The van der Waals surface area contributed by atoms with Gasteiger partial charge in [-0.1, -0.05) is 42.5 Å². The van der Waals surface area contributed by atoms with E-state index in [0.29, 0.717) is 0 Å². The highest BCUT2D eigenvalue weighted by molar-refractivity contribution is 5.88. The number of carbonyl (C=O) groups excluding carboxylic acids is 1. The van der Waals surface area contributed by atoms with E-state index in [1.54, 1.807) is 0 Å². The number of carbonyl (C=O) groups is 1. The highest BCUT2D eigenvalue weighted by atomic mass is 16.5. The van der Waals surface area contributed by atoms with Gasteiger partial charge in [0.05, 0.1) is 0 Å². The minimum Gasteiger partial charge on any atom is -0.475 e. The van der Waals surface area contributed by atoms with Crippen LogP contribution in [0.4, 0.5) is 0 Å². The molecule has 1 amide bonds. The maximum atomic E-state index is 13.0. The highest BCUT2D eigenvalue weighted by Crippen LogP contribution is 2.42. The third kappa shape index (κ3) is 2.49. The summed E-state index contributed by atoms with van der Waals surface area (Å²) in [7, 11) is 2.09. The maximum Gasteiger partial charge on any atom is 0.268 e. The summed E-state index contributed by atoms with van der Waals surface area (Å²) in [5.41, 5.74) is 3.13. The topological polar surface area (TPSA) is 32.8 Å². The minimum atomic E-state index is -0.537. The SMILES string of the molecule is CN1CCN(C(=O)C2Oc3ccccc3-c3ccccc32)CC1. The van der Waals surface area contributed by atoms with Crippen LogP contribution >= 0.6 is 0 Å². The molecule has 0 radical (unpaired) electrons. The van der Waals surface area contributed by atoms with Gasteiger partial charge in [-0.25, -0.2) is 0 Å². The van der Waals surface area contributed by atoms with E-state index in [1.807, 2.05) is 47.4 Å². The lowest BCUT2D eigenvalue weighted by Crippen LogP contribution is -2.49. The summed E-state index contributed by atoms with van der Waals surface area (Å²) in [6.07, 6.45) is -0.537. The van der Waals surface area contributed by atoms with Crippen LogP contribution in [-0.2, 0) is 4.79 Å². The van der Waals surface area contributed by atoms with Gasteiger partial charge in [-0.15, -0.1) is 0 Å². The summed E-state index contributed by atoms with van der Waals surface area (Å²) < 4.78 is 6.10. The zero-order valence-corrected chi connectivity index (χ0v) is 13.2. The molecule has 1 fully saturated rings. The number of fused-ring (bicyclic) bond motifs is 3. The molecule has 0 aliphatic carbocycles. The van der Waals surface area contributed by atoms with E-state index in [1.165, 1.54) is 0 Å². The smallest absolute Gasteiger partial charge is 0.268 e. The molecular formula is C19H20N2O2. The Labute approximate surface area is 136 Å². The van der Waals surface area contributed by atoms with Gasteiger partial charge < -0.3 is 14.5 Å². The van der Waals surface area contributed by atoms with Gasteiger partial charge in [-0.05, 0) is 18.7 Å². The molecule has 2 aromatic carbocycles. The van der Waals surface area contributed by atoms with Crippen molar-refractivity contribution in [1.29, 1.82) is 0 Å². The molecule has 2 heterocycles. The molecule has 4 rings (SSSR count). The second-order valence-corrected chi connectivity index (χ2v) is 6.21. The minimum absolute atomic E-state index is 0.0695. The first kappa shape index (κ1) is 14.3. The molecule has 0 N–H and O–H groups in total. The standard InChI is InChI=1S/C19H20N2O2/c1-20-10-12-21(13-11-20)19(22)18-16-8-3-2-6-14(16)15-7-4-5-9-17(15)23-18/h2-9,18H,10-13H2,1H3. The van der Waals surface area contributed by atoms with Crippen LogP contribution in [0.5, 0.6) is 5.75 Å². The van der Waals surface area contributed by atoms with Gasteiger partial charge in [0.25, 0.3) is 5.91 Å². The number of rotatable bonds is 1. The molecule has 2 aliphatic rings. The normalized spacial score (nSPS) is 20.4. The van der Waals surface area contributed by atoms with Gasteiger partial charge in [0.1, 0.15) is 5.75 Å². The first-order chi connectivity index (χ1) is 11.2. The zero-order valence-electron chi connectivity index (χ0n) is 13.2. The fraction of sp³-hybridized carbons (Fsp3) is 0.316. The van der Waals surface area contributed by atoms with Gasteiger partial charge in [-0.3, -0.25) is 4.79 Å². The summed E-state index contributed by atoms with van der Waals surface area (Å²) in [5, 5.41) is 0. The van der Waals surface area contributed by atoms with Crippen molar-refractivity contribution in [1.82, 2.24) is 9.80 Å². The van der Waals surface area contributed by atoms with Crippen LogP contribution in [0, 0.1) is 0 Å². The van der Waals surface area contributed by atoms with E-state index < -0.39 is 6.10 Å². The maximum absolute atomic E-state index is 13.0. The van der Waals surface area contributed by atoms with Gasteiger partial charge in [0.15, 0.2) is 0 Å². The number of hydrogen-bond acceptors (Lipinski definition) is 3. The van der Waals surface area contributed by atoms with E-state index in [0.717, 1.165) is 48.6 Å². The molecule has 2 aliphatic heterocycles. The number of amides is 1. The van der Waals surface area contributed by atoms with Crippen LogP contribution in [0.15, 0.2) is 48.5 Å². The van der Waals surface area contributed by atoms with Crippen LogP contribution < -0.4 is 4.74 Å². The lowest BCUT2D eigenvalue weighted by molar-refractivity contribution is -0.140. The average molecular weight is 308 g/mol. The van der Waals surface area contributed by atoms with Crippen molar-refractivity contribution >= 4 is 5.91 Å². The Morgan fingerprint density at radius 1 is 0.957 bits per heavy atom. The number of likely N-dealkylation sites (N-methyl/N-ethyl adjacent to an activating group) is 1. The Bertz CT molecular complexity index is 736. The van der Waals surface area contributed by atoms with Crippen LogP contribution in [0.1, 0.15) is 11.7 Å². The van der Waals surface area contributed by atoms with E-state index in [4.69, 9.17) is 4.74 Å². The van der Waals surface area contributed by atoms with Gasteiger partial charge >= 0.3 is 0 Å². The number of ether oxygens (including phenoxy) is 1. The molecule has 0 spiro atoms. The fourth-order valence-electron chi connectivity index (χ4n) is 3.33. The number of benzene rings is 2. The molecule has 0 saturated carbocycles. The lowest BCUT2D eigenvalue weighted by Gasteiger charge is -2.36. The van der Waals surface area contributed by atoms with Gasteiger partial charge in [0.2, 0.25) is 6.10 Å². The van der Waals surface area contributed by atoms with E-state index in [-0.39, 0.29) is 5.91 Å². The summed E-state index contributed by atoms with van der Waals surface area (Å²) in [6.45, 7) is 3.35. The fourth-order valence-corrected chi connectivity index (χ4v) is 3.33. The predicted octanol–water partition coefficient (Wildman–Crippen LogP) is 2.56. The Hall–Kier alpha value is -2.33. The van der Waals surface area contributed by atoms with Crippen molar-refractivity contribution in [2.75, 3.05) is 33.2 Å². The third-order valence-corrected chi connectivity index (χ3v) is 4.70. The molecule has 23 heavy (non-hydrogen) atoms. The first-order valence-corrected chi connectivity index (χ1v) is 8.06. The molecule has 4 nitrogen and oxygen atoms in total. The van der Waals surface area contributed by atoms with Gasteiger partial charge in [0, 0.05) is 37.3 Å². The summed E-state index contributed by atoms with van der Waals surface area (Å²) in [4.78, 5) is 17.2. The number of nitrogens with zero attached hydrogens (tertiary/aromatic N) is 2. The number of hydrogen-bond donors (Lipinski definition) is 0. The molecule has 1 saturated heterocycles. The average Bonchev–Trinajstić information content (AvgIpc) is 2.61. The number of piperazine rings is 1. The van der Waals surface area contributed by atoms with Crippen LogP contribution in [-0.4, -0.2) is 48.9 Å². The number of para-hydroxylation sites is 1. The molecule has 0 bridgehead atoms. The molecule has 4 heteroatoms. The second-order valence-electron chi connectivity index (χ2n) is 6.21. The van der Waals surface area contributed by atoms with Crippen molar-refractivity contribution in [2.24, 2.45) is 0 Å². The zero-order chi connectivity index (χ0) is 15.8. The predicted molar refractivity (Wildman–Crippen MR) is 89.3 cm³/mol. The Kier molecular flexibility index (Phi) is 3.54. The van der Waals surface area contributed by atoms with Crippen molar-refractivity contribution < 1.29 is 9.53 Å². The van der Waals surface area contributed by atoms with Crippen molar-refractivity contribution in [3.8, 4) is 16.9 Å². The van der Waals surface area contributed by atoms with Gasteiger partial charge in [-0.2, -0.15) is 0 Å². The molecule has 1 atom stereocenters. The van der Waals surface area contributed by atoms with Crippen molar-refractivity contribution in [3.63, 3.8) is 0 Å². The summed E-state index contributed by atoms with van der Waals surface area (Å²) >= 11 is 0. The summed E-state index contributed by atoms with van der Waals surface area (Å²) in [5.74, 6) is 0.860. The Balaban J connectivity index is 1.69. The van der Waals surface area contributed by atoms with Crippen LogP contribution in [0.3, 0.4) is 0 Å².